The van der Waals surface area contributed by atoms with Crippen molar-refractivity contribution in [3.8, 4) is 0 Å². The Morgan fingerprint density at radius 1 is 1.30 bits per heavy atom. The van der Waals surface area contributed by atoms with Gasteiger partial charge in [0, 0.05) is 35.6 Å². The lowest BCUT2D eigenvalue weighted by molar-refractivity contribution is 0.0953. The van der Waals surface area contributed by atoms with Gasteiger partial charge in [-0.2, -0.15) is 4.37 Å². The molecule has 0 spiro atoms. The summed E-state index contributed by atoms with van der Waals surface area (Å²) >= 11 is 1.34. The Bertz CT molecular complexity index is 666. The monoisotopic (exact) mass is 336 g/mol. The van der Waals surface area contributed by atoms with E-state index < -0.39 is 5.82 Å². The number of hydrogen-bond acceptors (Lipinski definition) is 5. The molecule has 1 heterocycles. The fourth-order valence-corrected chi connectivity index (χ4v) is 2.60. The van der Waals surface area contributed by atoms with Crippen molar-refractivity contribution in [2.75, 3.05) is 18.4 Å². The van der Waals surface area contributed by atoms with Crippen LogP contribution >= 0.6 is 11.5 Å². The molecule has 0 unspecified atom stereocenters. The average Bonchev–Trinajstić information content (AvgIpc) is 2.95. The van der Waals surface area contributed by atoms with Crippen LogP contribution in [0.2, 0.25) is 0 Å². The molecule has 7 heteroatoms. The molecule has 0 saturated carbocycles. The molecule has 0 aliphatic carbocycles. The quantitative estimate of drug-likeness (QED) is 0.795. The van der Waals surface area contributed by atoms with Gasteiger partial charge in [-0.25, -0.2) is 9.37 Å². The van der Waals surface area contributed by atoms with Crippen molar-refractivity contribution in [3.05, 3.63) is 41.5 Å². The summed E-state index contributed by atoms with van der Waals surface area (Å²) in [6, 6.07) is 5.65. The summed E-state index contributed by atoms with van der Waals surface area (Å²) in [6.07, 6.45) is 0.742. The summed E-state index contributed by atoms with van der Waals surface area (Å²) in [5.74, 6) is 0.144. The first-order valence-electron chi connectivity index (χ1n) is 7.48. The number of carbonyl (C=O) groups is 1. The maximum Gasteiger partial charge on any atom is 0.251 e. The van der Waals surface area contributed by atoms with Crippen LogP contribution in [0.25, 0.3) is 0 Å². The van der Waals surface area contributed by atoms with E-state index in [0.29, 0.717) is 18.7 Å². The summed E-state index contributed by atoms with van der Waals surface area (Å²) in [6.45, 7) is 7.40. The largest absolute Gasteiger partial charge is 0.360 e. The van der Waals surface area contributed by atoms with Gasteiger partial charge in [0.1, 0.15) is 11.6 Å². The zero-order valence-corrected chi connectivity index (χ0v) is 14.3. The van der Waals surface area contributed by atoms with Gasteiger partial charge in [0.15, 0.2) is 0 Å². The van der Waals surface area contributed by atoms with Crippen molar-refractivity contribution < 1.29 is 9.18 Å². The maximum atomic E-state index is 13.0. The zero-order chi connectivity index (χ0) is 16.9. The van der Waals surface area contributed by atoms with Crippen LogP contribution in [-0.2, 0) is 5.41 Å². The van der Waals surface area contributed by atoms with Gasteiger partial charge in [-0.05, 0) is 24.6 Å². The van der Waals surface area contributed by atoms with Crippen LogP contribution in [0.5, 0.6) is 0 Å². The number of rotatable bonds is 6. The van der Waals surface area contributed by atoms with Crippen molar-refractivity contribution in [2.24, 2.45) is 0 Å². The number of amides is 1. The number of hydrogen-bond donors (Lipinski definition) is 2. The Hall–Kier alpha value is -2.02. The number of nitrogens with zero attached hydrogens (tertiary/aromatic N) is 2. The van der Waals surface area contributed by atoms with Crippen molar-refractivity contribution in [3.63, 3.8) is 0 Å². The Labute approximate surface area is 139 Å². The number of benzene rings is 1. The Kier molecular flexibility index (Phi) is 5.65. The third kappa shape index (κ3) is 5.28. The molecule has 2 rings (SSSR count). The van der Waals surface area contributed by atoms with E-state index in [4.69, 9.17) is 0 Å². The van der Waals surface area contributed by atoms with Crippen LogP contribution in [0.4, 0.5) is 9.52 Å². The van der Waals surface area contributed by atoms with E-state index in [1.54, 1.807) is 6.07 Å². The SMILES string of the molecule is CC(C)(C)c1nsc(NCCCNC(=O)c2cccc(F)c2)n1. The Morgan fingerprint density at radius 3 is 2.74 bits per heavy atom. The number of carbonyl (C=O) groups excluding carboxylic acids is 1. The molecule has 0 aliphatic heterocycles. The zero-order valence-electron chi connectivity index (χ0n) is 13.5. The number of halogens is 1. The van der Waals surface area contributed by atoms with Crippen LogP contribution in [0, 0.1) is 5.82 Å². The predicted molar refractivity (Wildman–Crippen MR) is 90.4 cm³/mol. The molecule has 1 aromatic heterocycles. The van der Waals surface area contributed by atoms with Crippen LogP contribution in [0.3, 0.4) is 0 Å². The van der Waals surface area contributed by atoms with Gasteiger partial charge >= 0.3 is 0 Å². The maximum absolute atomic E-state index is 13.0. The predicted octanol–water partition coefficient (Wildman–Crippen LogP) is 3.21. The molecular formula is C16H21FN4OS. The van der Waals surface area contributed by atoms with E-state index in [1.807, 2.05) is 0 Å². The van der Waals surface area contributed by atoms with Crippen molar-refractivity contribution in [1.82, 2.24) is 14.7 Å². The second-order valence-corrected chi connectivity index (χ2v) is 6.97. The van der Waals surface area contributed by atoms with Gasteiger partial charge in [-0.1, -0.05) is 26.8 Å². The fraction of sp³-hybridized carbons (Fsp3) is 0.438. The van der Waals surface area contributed by atoms with Crippen LogP contribution < -0.4 is 10.6 Å². The van der Waals surface area contributed by atoms with E-state index in [1.165, 1.54) is 29.7 Å². The van der Waals surface area contributed by atoms with Crippen LogP contribution in [0.15, 0.2) is 24.3 Å². The fourth-order valence-electron chi connectivity index (χ4n) is 1.82. The third-order valence-corrected chi connectivity index (χ3v) is 3.77. The summed E-state index contributed by atoms with van der Waals surface area (Å²) in [5, 5.41) is 6.74. The van der Waals surface area contributed by atoms with Gasteiger partial charge in [0.05, 0.1) is 0 Å². The van der Waals surface area contributed by atoms with Crippen molar-refractivity contribution >= 4 is 22.6 Å². The molecule has 0 saturated heterocycles. The molecule has 0 bridgehead atoms. The van der Waals surface area contributed by atoms with Crippen LogP contribution in [0.1, 0.15) is 43.4 Å². The third-order valence-electron chi connectivity index (χ3n) is 3.10. The highest BCUT2D eigenvalue weighted by molar-refractivity contribution is 7.09. The molecule has 124 valence electrons. The molecule has 0 atom stereocenters. The lowest BCUT2D eigenvalue weighted by Gasteiger charge is -2.12. The molecular weight excluding hydrogens is 315 g/mol. The summed E-state index contributed by atoms with van der Waals surface area (Å²) in [7, 11) is 0. The second kappa shape index (κ2) is 7.50. The normalized spacial score (nSPS) is 11.3. The molecule has 1 amide bonds. The van der Waals surface area contributed by atoms with Gasteiger partial charge < -0.3 is 10.6 Å². The van der Waals surface area contributed by atoms with E-state index in [-0.39, 0.29) is 11.3 Å². The van der Waals surface area contributed by atoms with Gasteiger partial charge in [0.25, 0.3) is 5.91 Å². The first kappa shape index (κ1) is 17.3. The highest BCUT2D eigenvalue weighted by Crippen LogP contribution is 2.22. The molecule has 2 N–H and O–H groups in total. The molecule has 1 aromatic carbocycles. The molecule has 0 aliphatic rings. The Balaban J connectivity index is 1.70. The van der Waals surface area contributed by atoms with E-state index >= 15 is 0 Å². The molecule has 2 aromatic rings. The number of nitrogens with one attached hydrogen (secondary N) is 2. The summed E-state index contributed by atoms with van der Waals surface area (Å²) in [4.78, 5) is 16.3. The van der Waals surface area contributed by atoms with Gasteiger partial charge in [0.2, 0.25) is 5.13 Å². The van der Waals surface area contributed by atoms with Crippen molar-refractivity contribution in [1.29, 1.82) is 0 Å². The smallest absolute Gasteiger partial charge is 0.251 e. The minimum atomic E-state index is -0.412. The first-order valence-corrected chi connectivity index (χ1v) is 8.25. The average molecular weight is 336 g/mol. The minimum absolute atomic E-state index is 0.0602. The van der Waals surface area contributed by atoms with Crippen LogP contribution in [-0.4, -0.2) is 28.4 Å². The lowest BCUT2D eigenvalue weighted by Crippen LogP contribution is -2.25. The van der Waals surface area contributed by atoms with E-state index in [2.05, 4.69) is 40.8 Å². The van der Waals surface area contributed by atoms with E-state index in [0.717, 1.165) is 17.4 Å². The van der Waals surface area contributed by atoms with Crippen molar-refractivity contribution in [2.45, 2.75) is 32.6 Å². The molecule has 0 radical (unpaired) electrons. The summed E-state index contributed by atoms with van der Waals surface area (Å²) < 4.78 is 17.4. The number of anilines is 1. The second-order valence-electron chi connectivity index (χ2n) is 6.22. The van der Waals surface area contributed by atoms with Gasteiger partial charge in [-0.15, -0.1) is 0 Å². The highest BCUT2D eigenvalue weighted by Gasteiger charge is 2.19. The molecule has 23 heavy (non-hydrogen) atoms. The molecule has 0 fully saturated rings. The Morgan fingerprint density at radius 2 is 2.09 bits per heavy atom. The van der Waals surface area contributed by atoms with Gasteiger partial charge in [-0.3, -0.25) is 4.79 Å². The minimum Gasteiger partial charge on any atom is -0.360 e. The highest BCUT2D eigenvalue weighted by atomic mass is 32.1. The molecule has 5 nitrogen and oxygen atoms in total. The standard InChI is InChI=1S/C16H21FN4OS/c1-16(2,3)14-20-15(23-21-14)19-9-5-8-18-13(22)11-6-4-7-12(17)10-11/h4,6-7,10H,5,8-9H2,1-3H3,(H,18,22)(H,19,20,21). The summed E-state index contributed by atoms with van der Waals surface area (Å²) in [5.41, 5.74) is 0.270. The number of aromatic nitrogens is 2. The lowest BCUT2D eigenvalue weighted by atomic mass is 9.96. The topological polar surface area (TPSA) is 66.9 Å². The van der Waals surface area contributed by atoms with E-state index in [9.17, 15) is 9.18 Å². The first-order chi connectivity index (χ1) is 10.9.